The molecule has 0 fully saturated rings. The minimum absolute atomic E-state index is 0.0530. The van der Waals surface area contributed by atoms with E-state index >= 15 is 0 Å². The lowest BCUT2D eigenvalue weighted by Gasteiger charge is -2.24. The zero-order chi connectivity index (χ0) is 16.9. The summed E-state index contributed by atoms with van der Waals surface area (Å²) in [4.78, 5) is 2.36. The fourth-order valence-electron chi connectivity index (χ4n) is 2.59. The van der Waals surface area contributed by atoms with Crippen molar-refractivity contribution in [2.24, 2.45) is 5.92 Å². The van der Waals surface area contributed by atoms with Gasteiger partial charge in [-0.1, -0.05) is 58.0 Å². The van der Waals surface area contributed by atoms with Gasteiger partial charge in [0.25, 0.3) is 0 Å². The van der Waals surface area contributed by atoms with Crippen LogP contribution in [0.3, 0.4) is 0 Å². The number of hydrogen-bond donors (Lipinski definition) is 2. The molecule has 0 spiro atoms. The molecule has 4 heteroatoms. The molecule has 0 unspecified atom stereocenters. The minimum Gasteiger partial charge on any atom is -0.396 e. The maximum atomic E-state index is 9.38. The Hall–Kier alpha value is -1.65. The molecular weight excluding hydrogens is 286 g/mol. The van der Waals surface area contributed by atoms with E-state index in [1.54, 1.807) is 0 Å². The Morgan fingerprint density at radius 2 is 1.87 bits per heavy atom. The smallest absolute Gasteiger partial charge is 0.0678 e. The number of rotatable bonds is 7. The van der Waals surface area contributed by atoms with Gasteiger partial charge in [0.2, 0.25) is 0 Å². The first-order valence-electron chi connectivity index (χ1n) is 8.30. The number of nitrogens with one attached hydrogen (secondary N) is 1. The van der Waals surface area contributed by atoms with Gasteiger partial charge in [-0.05, 0) is 17.5 Å². The predicted octanol–water partition coefficient (Wildman–Crippen LogP) is 3.34. The van der Waals surface area contributed by atoms with E-state index in [1.165, 1.54) is 5.56 Å². The van der Waals surface area contributed by atoms with E-state index in [-0.39, 0.29) is 17.9 Å². The lowest BCUT2D eigenvalue weighted by atomic mass is 9.92. The van der Waals surface area contributed by atoms with Gasteiger partial charge in [0.15, 0.2) is 0 Å². The van der Waals surface area contributed by atoms with Crippen LogP contribution < -0.4 is 0 Å². The van der Waals surface area contributed by atoms with E-state index in [0.717, 1.165) is 31.0 Å². The lowest BCUT2D eigenvalue weighted by molar-refractivity contribution is 0.162. The minimum atomic E-state index is 0.0530. The van der Waals surface area contributed by atoms with Crippen molar-refractivity contribution >= 4 is 0 Å². The van der Waals surface area contributed by atoms with E-state index in [9.17, 15) is 5.11 Å². The molecule has 2 rings (SSSR count). The van der Waals surface area contributed by atoms with Crippen LogP contribution in [0.1, 0.15) is 44.6 Å². The molecular formula is C19H29N3O. The van der Waals surface area contributed by atoms with Crippen LogP contribution in [-0.4, -0.2) is 33.4 Å². The van der Waals surface area contributed by atoms with Crippen molar-refractivity contribution < 1.29 is 5.11 Å². The van der Waals surface area contributed by atoms with Crippen molar-refractivity contribution in [3.05, 3.63) is 53.3 Å². The summed E-state index contributed by atoms with van der Waals surface area (Å²) in [5, 5.41) is 17.0. The Balaban J connectivity index is 2.09. The van der Waals surface area contributed by atoms with Gasteiger partial charge in [0.05, 0.1) is 5.69 Å². The summed E-state index contributed by atoms with van der Waals surface area (Å²) in [6, 6.07) is 12.6. The summed E-state index contributed by atoms with van der Waals surface area (Å²) < 4.78 is 0. The zero-order valence-electron chi connectivity index (χ0n) is 14.7. The van der Waals surface area contributed by atoms with Gasteiger partial charge in [0, 0.05) is 37.4 Å². The molecule has 0 radical (unpaired) electrons. The van der Waals surface area contributed by atoms with Crippen molar-refractivity contribution in [3.63, 3.8) is 0 Å². The number of aliphatic hydroxyl groups excluding tert-OH is 1. The standard InChI is InChI=1S/C19H29N3O/c1-15(14-23)11-22(12-16-8-6-5-7-9-16)13-17-10-18(21-20-17)19(2,3)4/h5-10,15,23H,11-14H2,1-4H3,(H,20,21)/t15-/m1/s1. The molecule has 0 saturated heterocycles. The van der Waals surface area contributed by atoms with Gasteiger partial charge < -0.3 is 5.11 Å². The van der Waals surface area contributed by atoms with E-state index in [1.807, 2.05) is 6.07 Å². The van der Waals surface area contributed by atoms with Crippen LogP contribution in [0.2, 0.25) is 0 Å². The largest absolute Gasteiger partial charge is 0.396 e. The third-order valence-corrected chi connectivity index (χ3v) is 3.92. The molecule has 2 N–H and O–H groups in total. The van der Waals surface area contributed by atoms with Crippen molar-refractivity contribution in [3.8, 4) is 0 Å². The highest BCUT2D eigenvalue weighted by Gasteiger charge is 2.19. The Morgan fingerprint density at radius 3 is 2.43 bits per heavy atom. The molecule has 1 atom stereocenters. The van der Waals surface area contributed by atoms with Gasteiger partial charge in [-0.2, -0.15) is 5.10 Å². The summed E-state index contributed by atoms with van der Waals surface area (Å²) in [7, 11) is 0. The highest BCUT2D eigenvalue weighted by atomic mass is 16.3. The maximum absolute atomic E-state index is 9.38. The van der Waals surface area contributed by atoms with Crippen molar-refractivity contribution in [1.82, 2.24) is 15.1 Å². The molecule has 4 nitrogen and oxygen atoms in total. The van der Waals surface area contributed by atoms with Crippen LogP contribution in [0.5, 0.6) is 0 Å². The van der Waals surface area contributed by atoms with Crippen molar-refractivity contribution in [1.29, 1.82) is 0 Å². The van der Waals surface area contributed by atoms with Crippen molar-refractivity contribution in [2.45, 2.75) is 46.2 Å². The second-order valence-corrected chi connectivity index (χ2v) is 7.47. The third-order valence-electron chi connectivity index (χ3n) is 3.92. The third kappa shape index (κ3) is 5.48. The molecule has 0 aliphatic carbocycles. The Kier molecular flexibility index (Phi) is 5.97. The number of H-pyrrole nitrogens is 1. The van der Waals surface area contributed by atoms with Crippen molar-refractivity contribution in [2.75, 3.05) is 13.2 Å². The number of benzene rings is 1. The molecule has 2 aromatic rings. The molecule has 0 aliphatic rings. The van der Waals surface area contributed by atoms with Gasteiger partial charge in [-0.15, -0.1) is 0 Å². The molecule has 126 valence electrons. The molecule has 1 heterocycles. The molecule has 23 heavy (non-hydrogen) atoms. The Labute approximate surface area is 139 Å². The SMILES string of the molecule is C[C@@H](CO)CN(Cc1ccccc1)Cc1cc(C(C)(C)C)n[nH]1. The second kappa shape index (κ2) is 7.75. The molecule has 0 saturated carbocycles. The van der Waals surface area contributed by atoms with E-state index < -0.39 is 0 Å². The topological polar surface area (TPSA) is 52.1 Å². The van der Waals surface area contributed by atoms with E-state index in [2.05, 4.69) is 73.1 Å². The number of aliphatic hydroxyl groups is 1. The molecule has 0 amide bonds. The van der Waals surface area contributed by atoms with E-state index in [0.29, 0.717) is 0 Å². The van der Waals surface area contributed by atoms with Gasteiger partial charge in [-0.25, -0.2) is 0 Å². The second-order valence-electron chi connectivity index (χ2n) is 7.47. The van der Waals surface area contributed by atoms with Crippen LogP contribution in [-0.2, 0) is 18.5 Å². The lowest BCUT2D eigenvalue weighted by Crippen LogP contribution is -2.29. The first-order valence-corrected chi connectivity index (χ1v) is 8.30. The summed E-state index contributed by atoms with van der Waals surface area (Å²) >= 11 is 0. The Bertz CT molecular complexity index is 586. The van der Waals surface area contributed by atoms with Crippen LogP contribution >= 0.6 is 0 Å². The monoisotopic (exact) mass is 315 g/mol. The van der Waals surface area contributed by atoms with E-state index in [4.69, 9.17) is 0 Å². The highest BCUT2D eigenvalue weighted by molar-refractivity contribution is 5.17. The molecule has 1 aromatic carbocycles. The fraction of sp³-hybridized carbons (Fsp3) is 0.526. The van der Waals surface area contributed by atoms with Crippen LogP contribution in [0, 0.1) is 5.92 Å². The highest BCUT2D eigenvalue weighted by Crippen LogP contribution is 2.21. The predicted molar refractivity (Wildman–Crippen MR) is 94.1 cm³/mol. The van der Waals surface area contributed by atoms with Crippen LogP contribution in [0.15, 0.2) is 36.4 Å². The number of hydrogen-bond acceptors (Lipinski definition) is 3. The summed E-state index contributed by atoms with van der Waals surface area (Å²) in [6.45, 7) is 11.3. The molecule has 1 aromatic heterocycles. The van der Waals surface area contributed by atoms with Gasteiger partial charge in [-0.3, -0.25) is 10.00 Å². The summed E-state index contributed by atoms with van der Waals surface area (Å²) in [5.74, 6) is 0.253. The number of nitrogens with zero attached hydrogens (tertiary/aromatic N) is 2. The first kappa shape index (κ1) is 17.7. The summed E-state index contributed by atoms with van der Waals surface area (Å²) in [5.41, 5.74) is 3.55. The summed E-state index contributed by atoms with van der Waals surface area (Å²) in [6.07, 6.45) is 0. The molecule has 0 bridgehead atoms. The number of aromatic nitrogens is 2. The normalized spacial score (nSPS) is 13.5. The van der Waals surface area contributed by atoms with Crippen LogP contribution in [0.4, 0.5) is 0 Å². The average Bonchev–Trinajstić information content (AvgIpc) is 2.96. The zero-order valence-corrected chi connectivity index (χ0v) is 14.7. The molecule has 0 aliphatic heterocycles. The average molecular weight is 315 g/mol. The van der Waals surface area contributed by atoms with Gasteiger partial charge in [0.1, 0.15) is 0 Å². The number of aromatic amines is 1. The Morgan fingerprint density at radius 1 is 1.17 bits per heavy atom. The fourth-order valence-corrected chi connectivity index (χ4v) is 2.59. The van der Waals surface area contributed by atoms with Gasteiger partial charge >= 0.3 is 0 Å². The quantitative estimate of drug-likeness (QED) is 0.824. The maximum Gasteiger partial charge on any atom is 0.0678 e. The first-order chi connectivity index (χ1) is 10.9. The van der Waals surface area contributed by atoms with Crippen LogP contribution in [0.25, 0.3) is 0 Å².